The summed E-state index contributed by atoms with van der Waals surface area (Å²) in [5, 5.41) is 11.0. The van der Waals surface area contributed by atoms with Crippen molar-refractivity contribution >= 4 is 24.4 Å². The van der Waals surface area contributed by atoms with Gasteiger partial charge >= 0.3 is 0 Å². The number of thiol groups is 1. The number of hydrogen-bond acceptors (Lipinski definition) is 7. The molecule has 3 aromatic heterocycles. The Morgan fingerprint density at radius 1 is 1.14 bits per heavy atom. The SMILES string of the molecule is CCc1ccc(-c2ccc(OC[C@H](C)CS)c(C(=O)Nc3cccc(-c4nncn4CC)n3)c2)cn1. The first-order valence-corrected chi connectivity index (χ1v) is 12.6. The molecule has 0 aliphatic heterocycles. The maximum Gasteiger partial charge on any atom is 0.260 e. The van der Waals surface area contributed by atoms with Crippen molar-refractivity contribution in [1.82, 2.24) is 24.7 Å². The second-order valence-electron chi connectivity index (χ2n) is 8.50. The quantitative estimate of drug-likeness (QED) is 0.290. The van der Waals surface area contributed by atoms with E-state index in [0.29, 0.717) is 47.6 Å². The monoisotopic (exact) mass is 502 g/mol. The first-order valence-electron chi connectivity index (χ1n) is 12.0. The molecule has 0 saturated heterocycles. The van der Waals surface area contributed by atoms with Crippen LogP contribution in [0.5, 0.6) is 5.75 Å². The molecule has 0 unspecified atom stereocenters. The molecule has 0 aliphatic rings. The van der Waals surface area contributed by atoms with Crippen LogP contribution >= 0.6 is 12.6 Å². The first kappa shape index (κ1) is 25.4. The number of carbonyl (C=O) groups excluding carboxylic acids is 1. The molecule has 8 nitrogen and oxygen atoms in total. The lowest BCUT2D eigenvalue weighted by atomic mass is 10.0. The third-order valence-electron chi connectivity index (χ3n) is 5.76. The second kappa shape index (κ2) is 11.8. The van der Waals surface area contributed by atoms with E-state index in [0.717, 1.165) is 23.2 Å². The van der Waals surface area contributed by atoms with E-state index in [9.17, 15) is 4.79 Å². The van der Waals surface area contributed by atoms with Crippen LogP contribution in [0, 0.1) is 5.92 Å². The molecule has 4 rings (SSSR count). The minimum Gasteiger partial charge on any atom is -0.492 e. The molecule has 0 radical (unpaired) electrons. The number of carbonyl (C=O) groups is 1. The van der Waals surface area contributed by atoms with Crippen molar-refractivity contribution in [1.29, 1.82) is 0 Å². The lowest BCUT2D eigenvalue weighted by Crippen LogP contribution is -2.17. The summed E-state index contributed by atoms with van der Waals surface area (Å²) in [5.41, 5.74) is 3.87. The van der Waals surface area contributed by atoms with Gasteiger partial charge in [-0.3, -0.25) is 9.78 Å². The zero-order chi connectivity index (χ0) is 25.5. The number of aromatic nitrogens is 5. The lowest BCUT2D eigenvalue weighted by molar-refractivity contribution is 0.102. The Morgan fingerprint density at radius 2 is 1.97 bits per heavy atom. The van der Waals surface area contributed by atoms with Gasteiger partial charge in [-0.05, 0) is 60.9 Å². The number of amides is 1. The molecule has 9 heteroatoms. The van der Waals surface area contributed by atoms with E-state index in [-0.39, 0.29) is 11.8 Å². The number of pyridine rings is 2. The third kappa shape index (κ3) is 5.91. The number of rotatable bonds is 10. The fourth-order valence-electron chi connectivity index (χ4n) is 3.60. The van der Waals surface area contributed by atoms with Crippen LogP contribution in [0.25, 0.3) is 22.6 Å². The summed E-state index contributed by atoms with van der Waals surface area (Å²) < 4.78 is 7.91. The van der Waals surface area contributed by atoms with Gasteiger partial charge in [-0.2, -0.15) is 12.6 Å². The number of nitrogens with zero attached hydrogens (tertiary/aromatic N) is 5. The Bertz CT molecular complexity index is 1320. The number of ether oxygens (including phenoxy) is 1. The zero-order valence-corrected chi connectivity index (χ0v) is 21.6. The van der Waals surface area contributed by atoms with Gasteiger partial charge in [0.25, 0.3) is 5.91 Å². The summed E-state index contributed by atoms with van der Waals surface area (Å²) in [6.07, 6.45) is 4.35. The predicted molar refractivity (Wildman–Crippen MR) is 144 cm³/mol. The standard InChI is InChI=1S/C27H30N6O2S/c1-4-21-11-9-20(14-28-21)19-10-12-24(35-15-18(3)16-36)22(13-19)27(34)31-25-8-6-7-23(30-25)26-32-29-17-33(26)5-2/h6-14,17-18,36H,4-5,15-16H2,1-3H3,(H,30,31,34)/t18-/m0/s1. The van der Waals surface area contributed by atoms with E-state index in [1.807, 2.05) is 67.1 Å². The molecular weight excluding hydrogens is 472 g/mol. The highest BCUT2D eigenvalue weighted by molar-refractivity contribution is 7.80. The summed E-state index contributed by atoms with van der Waals surface area (Å²) in [5.74, 6) is 2.17. The third-order valence-corrected chi connectivity index (χ3v) is 6.38. The molecule has 1 N–H and O–H groups in total. The van der Waals surface area contributed by atoms with Crippen molar-refractivity contribution in [2.75, 3.05) is 17.7 Å². The van der Waals surface area contributed by atoms with Gasteiger partial charge in [-0.25, -0.2) is 4.98 Å². The number of nitrogens with one attached hydrogen (secondary N) is 1. The maximum atomic E-state index is 13.5. The van der Waals surface area contributed by atoms with Crippen LogP contribution < -0.4 is 10.1 Å². The van der Waals surface area contributed by atoms with Crippen molar-refractivity contribution in [3.63, 3.8) is 0 Å². The Labute approximate surface area is 216 Å². The topological polar surface area (TPSA) is 94.8 Å². The van der Waals surface area contributed by atoms with E-state index in [4.69, 9.17) is 4.74 Å². The molecule has 4 aromatic rings. The van der Waals surface area contributed by atoms with Gasteiger partial charge in [0, 0.05) is 24.0 Å². The summed E-state index contributed by atoms with van der Waals surface area (Å²) in [6, 6.07) is 15.0. The Kier molecular flexibility index (Phi) is 8.32. The number of anilines is 1. The lowest BCUT2D eigenvalue weighted by Gasteiger charge is -2.16. The van der Waals surface area contributed by atoms with Crippen LogP contribution in [0.4, 0.5) is 5.82 Å². The van der Waals surface area contributed by atoms with Gasteiger partial charge < -0.3 is 14.6 Å². The molecule has 1 aromatic carbocycles. The van der Waals surface area contributed by atoms with Crippen molar-refractivity contribution in [3.05, 3.63) is 72.3 Å². The van der Waals surface area contributed by atoms with Gasteiger partial charge in [0.1, 0.15) is 23.6 Å². The minimum absolute atomic E-state index is 0.240. The molecule has 186 valence electrons. The number of aryl methyl sites for hydroxylation is 2. The number of hydrogen-bond donors (Lipinski definition) is 2. The van der Waals surface area contributed by atoms with Gasteiger partial charge in [0.05, 0.1) is 12.2 Å². The smallest absolute Gasteiger partial charge is 0.260 e. The molecule has 0 bridgehead atoms. The maximum absolute atomic E-state index is 13.5. The van der Waals surface area contributed by atoms with Crippen molar-refractivity contribution < 1.29 is 9.53 Å². The average Bonchev–Trinajstić information content (AvgIpc) is 3.41. The Hall–Kier alpha value is -3.72. The van der Waals surface area contributed by atoms with Crippen LogP contribution in [-0.2, 0) is 13.0 Å². The molecule has 0 saturated carbocycles. The average molecular weight is 503 g/mol. The predicted octanol–water partition coefficient (Wildman–Crippen LogP) is 5.18. The van der Waals surface area contributed by atoms with E-state index in [2.05, 4.69) is 45.0 Å². The van der Waals surface area contributed by atoms with Crippen LogP contribution in [0.15, 0.2) is 61.1 Å². The van der Waals surface area contributed by atoms with E-state index >= 15 is 0 Å². The largest absolute Gasteiger partial charge is 0.492 e. The summed E-state index contributed by atoms with van der Waals surface area (Å²) in [4.78, 5) is 22.5. The molecule has 0 spiro atoms. The van der Waals surface area contributed by atoms with Crippen LogP contribution in [0.2, 0.25) is 0 Å². The molecule has 0 aliphatic carbocycles. The van der Waals surface area contributed by atoms with Crippen LogP contribution in [0.1, 0.15) is 36.8 Å². The summed E-state index contributed by atoms with van der Waals surface area (Å²) in [7, 11) is 0. The van der Waals surface area contributed by atoms with Crippen LogP contribution in [-0.4, -0.2) is 43.0 Å². The fraction of sp³-hybridized carbons (Fsp3) is 0.296. The first-order chi connectivity index (χ1) is 17.5. The van der Waals surface area contributed by atoms with Gasteiger partial charge in [-0.15, -0.1) is 10.2 Å². The molecule has 1 amide bonds. The highest BCUT2D eigenvalue weighted by atomic mass is 32.1. The molecular formula is C27H30N6O2S. The highest BCUT2D eigenvalue weighted by Gasteiger charge is 2.17. The normalized spacial score (nSPS) is 11.8. The van der Waals surface area contributed by atoms with Gasteiger partial charge in [-0.1, -0.05) is 32.0 Å². The van der Waals surface area contributed by atoms with E-state index in [1.54, 1.807) is 12.4 Å². The molecule has 3 heterocycles. The fourth-order valence-corrected chi connectivity index (χ4v) is 3.70. The van der Waals surface area contributed by atoms with Crippen LogP contribution in [0.3, 0.4) is 0 Å². The van der Waals surface area contributed by atoms with Gasteiger partial charge in [0.2, 0.25) is 0 Å². The van der Waals surface area contributed by atoms with E-state index in [1.165, 1.54) is 0 Å². The van der Waals surface area contributed by atoms with Crippen molar-refractivity contribution in [3.8, 4) is 28.4 Å². The zero-order valence-electron chi connectivity index (χ0n) is 20.7. The summed E-state index contributed by atoms with van der Waals surface area (Å²) >= 11 is 4.34. The number of benzene rings is 1. The Balaban J connectivity index is 1.64. The molecule has 1 atom stereocenters. The summed E-state index contributed by atoms with van der Waals surface area (Å²) in [6.45, 7) is 7.29. The van der Waals surface area contributed by atoms with E-state index < -0.39 is 0 Å². The van der Waals surface area contributed by atoms with Gasteiger partial charge in [0.15, 0.2) is 5.82 Å². The minimum atomic E-state index is -0.315. The Morgan fingerprint density at radius 3 is 2.69 bits per heavy atom. The molecule has 0 fully saturated rings. The van der Waals surface area contributed by atoms with Crippen molar-refractivity contribution in [2.24, 2.45) is 5.92 Å². The van der Waals surface area contributed by atoms with Crippen molar-refractivity contribution in [2.45, 2.75) is 33.7 Å². The highest BCUT2D eigenvalue weighted by Crippen LogP contribution is 2.28. The molecule has 36 heavy (non-hydrogen) atoms. The second-order valence-corrected chi connectivity index (χ2v) is 8.87.